The molecule has 1 unspecified atom stereocenters. The van der Waals surface area contributed by atoms with Crippen molar-refractivity contribution in [1.82, 2.24) is 9.97 Å². The summed E-state index contributed by atoms with van der Waals surface area (Å²) in [5.74, 6) is 0.253. The first-order chi connectivity index (χ1) is 15.8. The Balaban J connectivity index is 1.79. The van der Waals surface area contributed by atoms with Gasteiger partial charge in [0.15, 0.2) is 0 Å². The van der Waals surface area contributed by atoms with Crippen LogP contribution in [0.4, 0.5) is 36.3 Å². The smallest absolute Gasteiger partial charge is 0.340 e. The van der Waals surface area contributed by atoms with E-state index in [-0.39, 0.29) is 11.8 Å². The number of aromatic nitrogens is 2. The zero-order chi connectivity index (χ0) is 23.8. The fourth-order valence-electron chi connectivity index (χ4n) is 3.48. The molecular weight excluding hydrogens is 425 g/mol. The second kappa shape index (κ2) is 11.2. The highest BCUT2D eigenvalue weighted by Gasteiger charge is 2.35. The summed E-state index contributed by atoms with van der Waals surface area (Å²) >= 11 is 0. The zero-order valence-corrected chi connectivity index (χ0v) is 19.3. The highest BCUT2D eigenvalue weighted by Crippen LogP contribution is 2.35. The van der Waals surface area contributed by atoms with Crippen LogP contribution in [-0.2, 0) is 12.6 Å². The van der Waals surface area contributed by atoms with Gasteiger partial charge in [0.2, 0.25) is 5.95 Å². The van der Waals surface area contributed by atoms with Gasteiger partial charge >= 0.3 is 6.18 Å². The maximum Gasteiger partial charge on any atom is 0.421 e. The summed E-state index contributed by atoms with van der Waals surface area (Å²) in [6.45, 7) is 6.43. The first-order valence-corrected chi connectivity index (χ1v) is 11.5. The number of benzene rings is 2. The van der Waals surface area contributed by atoms with Crippen LogP contribution in [0.3, 0.4) is 0 Å². The molecule has 0 saturated carbocycles. The van der Waals surface area contributed by atoms with E-state index in [0.717, 1.165) is 43.9 Å². The van der Waals surface area contributed by atoms with Gasteiger partial charge in [-0.05, 0) is 60.6 Å². The molecule has 3 rings (SSSR count). The number of hydrogen-bond acceptors (Lipinski definition) is 4. The SMILES string of the molecule is CCCCCc1ccc(Nc2nc(Nc3ccc(C(C)CC)cc3)ncc2C(F)(F)F)cc1. The summed E-state index contributed by atoms with van der Waals surface area (Å²) in [6.07, 6.45) is 1.63. The molecule has 1 aromatic heterocycles. The summed E-state index contributed by atoms with van der Waals surface area (Å²) in [4.78, 5) is 8.02. The summed E-state index contributed by atoms with van der Waals surface area (Å²) < 4.78 is 40.7. The number of hydrogen-bond donors (Lipinski definition) is 2. The molecule has 33 heavy (non-hydrogen) atoms. The third-order valence-corrected chi connectivity index (χ3v) is 5.73. The fraction of sp³-hybridized carbons (Fsp3) is 0.385. The fourth-order valence-corrected chi connectivity index (χ4v) is 3.48. The average molecular weight is 457 g/mol. The van der Waals surface area contributed by atoms with E-state index in [2.05, 4.69) is 41.4 Å². The number of aryl methyl sites for hydroxylation is 1. The molecule has 0 spiro atoms. The standard InChI is InChI=1S/C26H31F3N4/c1-4-6-7-8-19-9-13-21(14-10-19)31-24-23(26(27,28)29)17-30-25(33-24)32-22-15-11-20(12-16-22)18(3)5-2/h9-18H,4-8H2,1-3H3,(H2,30,31,32,33). The van der Waals surface area contributed by atoms with E-state index in [0.29, 0.717) is 17.3 Å². The third kappa shape index (κ3) is 6.94. The molecule has 4 nitrogen and oxygen atoms in total. The van der Waals surface area contributed by atoms with E-state index in [1.54, 1.807) is 12.1 Å². The van der Waals surface area contributed by atoms with Crippen molar-refractivity contribution in [1.29, 1.82) is 0 Å². The lowest BCUT2D eigenvalue weighted by Crippen LogP contribution is -2.12. The van der Waals surface area contributed by atoms with Crippen molar-refractivity contribution in [3.63, 3.8) is 0 Å². The van der Waals surface area contributed by atoms with Crippen molar-refractivity contribution in [2.75, 3.05) is 10.6 Å². The molecular formula is C26H31F3N4. The van der Waals surface area contributed by atoms with Crippen molar-refractivity contribution in [2.45, 2.75) is 65.0 Å². The molecule has 176 valence electrons. The second-order valence-corrected chi connectivity index (χ2v) is 8.29. The summed E-state index contributed by atoms with van der Waals surface area (Å²) in [7, 11) is 0. The number of rotatable bonds is 10. The van der Waals surface area contributed by atoms with E-state index < -0.39 is 11.7 Å². The Labute approximate surface area is 193 Å². The van der Waals surface area contributed by atoms with Gasteiger partial charge in [-0.25, -0.2) is 4.98 Å². The molecule has 2 N–H and O–H groups in total. The Morgan fingerprint density at radius 1 is 0.879 bits per heavy atom. The van der Waals surface area contributed by atoms with Crippen molar-refractivity contribution < 1.29 is 13.2 Å². The molecule has 2 aromatic carbocycles. The molecule has 3 aromatic rings. The molecule has 0 fully saturated rings. The molecule has 0 aliphatic carbocycles. The van der Waals surface area contributed by atoms with E-state index in [9.17, 15) is 13.2 Å². The van der Waals surface area contributed by atoms with Gasteiger partial charge in [0, 0.05) is 17.6 Å². The minimum atomic E-state index is -4.57. The van der Waals surface area contributed by atoms with Crippen LogP contribution >= 0.6 is 0 Å². The summed E-state index contributed by atoms with van der Waals surface area (Å²) in [5, 5.41) is 5.82. The van der Waals surface area contributed by atoms with Gasteiger partial charge in [-0.1, -0.05) is 57.9 Å². The van der Waals surface area contributed by atoms with Crippen molar-refractivity contribution in [2.24, 2.45) is 0 Å². The van der Waals surface area contributed by atoms with Crippen LogP contribution in [0.2, 0.25) is 0 Å². The van der Waals surface area contributed by atoms with Gasteiger partial charge in [-0.15, -0.1) is 0 Å². The van der Waals surface area contributed by atoms with Crippen LogP contribution < -0.4 is 10.6 Å². The summed E-state index contributed by atoms with van der Waals surface area (Å²) in [5.41, 5.74) is 2.71. The van der Waals surface area contributed by atoms with Crippen LogP contribution in [0, 0.1) is 0 Å². The Morgan fingerprint density at radius 2 is 1.52 bits per heavy atom. The van der Waals surface area contributed by atoms with Gasteiger partial charge in [0.25, 0.3) is 0 Å². The van der Waals surface area contributed by atoms with Gasteiger partial charge in [0.05, 0.1) is 0 Å². The quantitative estimate of drug-likeness (QED) is 0.302. The Kier molecular flexibility index (Phi) is 8.31. The summed E-state index contributed by atoms with van der Waals surface area (Å²) in [6, 6.07) is 15.2. The lowest BCUT2D eigenvalue weighted by molar-refractivity contribution is -0.137. The molecule has 0 bridgehead atoms. The molecule has 0 amide bonds. The average Bonchev–Trinajstić information content (AvgIpc) is 2.80. The van der Waals surface area contributed by atoms with E-state index in [1.807, 2.05) is 36.4 Å². The number of alkyl halides is 3. The van der Waals surface area contributed by atoms with Crippen LogP contribution in [0.25, 0.3) is 0 Å². The number of nitrogens with zero attached hydrogens (tertiary/aromatic N) is 2. The van der Waals surface area contributed by atoms with E-state index >= 15 is 0 Å². The number of halogens is 3. The van der Waals surface area contributed by atoms with Gasteiger partial charge < -0.3 is 10.6 Å². The van der Waals surface area contributed by atoms with E-state index in [4.69, 9.17) is 0 Å². The number of nitrogens with one attached hydrogen (secondary N) is 2. The highest BCUT2D eigenvalue weighted by atomic mass is 19.4. The monoisotopic (exact) mass is 456 g/mol. The zero-order valence-electron chi connectivity index (χ0n) is 19.3. The first-order valence-electron chi connectivity index (χ1n) is 11.5. The van der Waals surface area contributed by atoms with Crippen LogP contribution in [0.15, 0.2) is 54.7 Å². The van der Waals surface area contributed by atoms with Gasteiger partial charge in [-0.3, -0.25) is 0 Å². The minimum Gasteiger partial charge on any atom is -0.340 e. The lowest BCUT2D eigenvalue weighted by atomic mass is 9.99. The Morgan fingerprint density at radius 3 is 2.12 bits per heavy atom. The lowest BCUT2D eigenvalue weighted by Gasteiger charge is -2.15. The van der Waals surface area contributed by atoms with Gasteiger partial charge in [0.1, 0.15) is 11.4 Å². The maximum atomic E-state index is 13.6. The Hall–Kier alpha value is -3.09. The van der Waals surface area contributed by atoms with Crippen molar-refractivity contribution >= 4 is 23.1 Å². The van der Waals surface area contributed by atoms with Crippen LogP contribution in [0.1, 0.15) is 69.1 Å². The minimum absolute atomic E-state index is 0.0953. The first kappa shape index (κ1) is 24.6. The predicted molar refractivity (Wildman–Crippen MR) is 128 cm³/mol. The number of anilines is 4. The molecule has 0 radical (unpaired) electrons. The molecule has 0 aliphatic rings. The molecule has 1 heterocycles. The molecule has 1 atom stereocenters. The maximum absolute atomic E-state index is 13.6. The third-order valence-electron chi connectivity index (χ3n) is 5.73. The normalized spacial score (nSPS) is 12.4. The highest BCUT2D eigenvalue weighted by molar-refractivity contribution is 5.63. The predicted octanol–water partition coefficient (Wildman–Crippen LogP) is 8.23. The molecule has 7 heteroatoms. The van der Waals surface area contributed by atoms with Crippen molar-refractivity contribution in [3.05, 3.63) is 71.4 Å². The molecule has 0 saturated heterocycles. The largest absolute Gasteiger partial charge is 0.421 e. The molecule has 0 aliphatic heterocycles. The van der Waals surface area contributed by atoms with Crippen LogP contribution in [-0.4, -0.2) is 9.97 Å². The Bertz CT molecular complexity index is 1020. The second-order valence-electron chi connectivity index (χ2n) is 8.29. The van der Waals surface area contributed by atoms with Gasteiger partial charge in [-0.2, -0.15) is 18.2 Å². The topological polar surface area (TPSA) is 49.8 Å². The van der Waals surface area contributed by atoms with Crippen LogP contribution in [0.5, 0.6) is 0 Å². The number of unbranched alkanes of at least 4 members (excludes halogenated alkanes) is 2. The van der Waals surface area contributed by atoms with Crippen molar-refractivity contribution in [3.8, 4) is 0 Å². The van der Waals surface area contributed by atoms with E-state index in [1.165, 1.54) is 5.56 Å².